The predicted molar refractivity (Wildman–Crippen MR) is 73.8 cm³/mol. The molecule has 3 amide bonds. The number of nitrogens with zero attached hydrogens (tertiary/aromatic N) is 1. The first kappa shape index (κ1) is 14.3. The van der Waals surface area contributed by atoms with E-state index in [1.54, 1.807) is 0 Å². The van der Waals surface area contributed by atoms with Gasteiger partial charge in [-0.25, -0.2) is 4.79 Å². The van der Waals surface area contributed by atoms with E-state index in [9.17, 15) is 9.59 Å². The van der Waals surface area contributed by atoms with E-state index in [1.165, 1.54) is 11.3 Å². The average Bonchev–Trinajstić information content (AvgIpc) is 2.63. The summed E-state index contributed by atoms with van der Waals surface area (Å²) in [5.74, 6) is 0.00712. The number of imide groups is 1. The summed E-state index contributed by atoms with van der Waals surface area (Å²) in [5.41, 5.74) is -0.563. The molecule has 0 aromatic rings. The Hall–Kier alpha value is -1.10. The van der Waals surface area contributed by atoms with Gasteiger partial charge in [-0.2, -0.15) is 0 Å². The van der Waals surface area contributed by atoms with Crippen LogP contribution in [-0.2, 0) is 4.79 Å². The van der Waals surface area contributed by atoms with Gasteiger partial charge in [0.1, 0.15) is 5.54 Å². The van der Waals surface area contributed by atoms with Crippen LogP contribution in [0.25, 0.3) is 0 Å². The first-order valence-corrected chi connectivity index (χ1v) is 7.54. The van der Waals surface area contributed by atoms with Crippen molar-refractivity contribution < 1.29 is 9.59 Å². The Morgan fingerprint density at radius 1 is 1.21 bits per heavy atom. The number of amides is 3. The minimum absolute atomic E-state index is 0.00712. The van der Waals surface area contributed by atoms with E-state index in [-0.39, 0.29) is 11.9 Å². The third-order valence-corrected chi connectivity index (χ3v) is 4.12. The first-order chi connectivity index (χ1) is 9.19. The molecule has 1 aliphatic heterocycles. The molecule has 0 radical (unpaired) electrons. The van der Waals surface area contributed by atoms with Gasteiger partial charge in [0.25, 0.3) is 5.91 Å². The maximum Gasteiger partial charge on any atom is 0.325 e. The molecule has 0 aromatic carbocycles. The summed E-state index contributed by atoms with van der Waals surface area (Å²) in [6, 6.07) is -0.192. The van der Waals surface area contributed by atoms with E-state index < -0.39 is 5.54 Å². The molecule has 0 aromatic heterocycles. The zero-order valence-corrected chi connectivity index (χ0v) is 11.8. The smallest absolute Gasteiger partial charge is 0.323 e. The highest BCUT2D eigenvalue weighted by Gasteiger charge is 2.50. The Bertz CT molecular complexity index is 338. The molecule has 108 valence electrons. The highest BCUT2D eigenvalue weighted by molar-refractivity contribution is 6.07. The van der Waals surface area contributed by atoms with Crippen molar-refractivity contribution in [3.05, 3.63) is 0 Å². The number of hydrogen-bond donors (Lipinski definition) is 2. The monoisotopic (exact) mass is 267 g/mol. The fourth-order valence-corrected chi connectivity index (χ4v) is 3.04. The second kappa shape index (κ2) is 6.37. The molecule has 1 spiro atoms. The third kappa shape index (κ3) is 3.08. The molecule has 2 aliphatic rings. The summed E-state index contributed by atoms with van der Waals surface area (Å²) >= 11 is 0. The molecule has 2 N–H and O–H groups in total. The van der Waals surface area contributed by atoms with E-state index in [0.717, 1.165) is 51.6 Å². The van der Waals surface area contributed by atoms with Crippen LogP contribution in [-0.4, -0.2) is 42.0 Å². The second-order valence-electron chi connectivity index (χ2n) is 5.63. The molecule has 0 bridgehead atoms. The highest BCUT2D eigenvalue weighted by atomic mass is 16.2. The Morgan fingerprint density at radius 2 is 1.95 bits per heavy atom. The van der Waals surface area contributed by atoms with E-state index in [1.807, 2.05) is 0 Å². The minimum atomic E-state index is -0.563. The fraction of sp³-hybridized carbons (Fsp3) is 0.857. The molecular formula is C14H25N3O2. The molecule has 19 heavy (non-hydrogen) atoms. The number of rotatable bonds is 6. The lowest BCUT2D eigenvalue weighted by Crippen LogP contribution is -2.48. The van der Waals surface area contributed by atoms with E-state index in [0.29, 0.717) is 6.54 Å². The molecule has 2 rings (SSSR count). The first-order valence-electron chi connectivity index (χ1n) is 7.54. The van der Waals surface area contributed by atoms with Crippen LogP contribution in [0.3, 0.4) is 0 Å². The standard InChI is InChI=1S/C14H25N3O2/c1-2-9-15-10-6-11-17-12(18)14(16-13(17)19)7-4-3-5-8-14/h15H,2-11H2,1H3,(H,16,19). The van der Waals surface area contributed by atoms with Gasteiger partial charge in [-0.05, 0) is 38.8 Å². The zero-order valence-electron chi connectivity index (χ0n) is 11.8. The van der Waals surface area contributed by atoms with Crippen LogP contribution >= 0.6 is 0 Å². The van der Waals surface area contributed by atoms with Gasteiger partial charge >= 0.3 is 6.03 Å². The summed E-state index contributed by atoms with van der Waals surface area (Å²) in [6.45, 7) is 4.50. The largest absolute Gasteiger partial charge is 0.325 e. The predicted octanol–water partition coefficient (Wildman–Crippen LogP) is 1.63. The SMILES string of the molecule is CCCNCCCN1C(=O)NC2(CCCCC2)C1=O. The Balaban J connectivity index is 1.84. The molecule has 0 unspecified atom stereocenters. The van der Waals surface area contributed by atoms with Gasteiger partial charge in [-0.3, -0.25) is 9.69 Å². The van der Waals surface area contributed by atoms with Crippen LogP contribution in [0.4, 0.5) is 4.79 Å². The van der Waals surface area contributed by atoms with Crippen molar-refractivity contribution in [2.24, 2.45) is 0 Å². The molecule has 5 nitrogen and oxygen atoms in total. The van der Waals surface area contributed by atoms with Gasteiger partial charge in [0.05, 0.1) is 0 Å². The lowest BCUT2D eigenvalue weighted by Gasteiger charge is -2.30. The summed E-state index contributed by atoms with van der Waals surface area (Å²) in [5, 5.41) is 6.23. The second-order valence-corrected chi connectivity index (χ2v) is 5.63. The number of carbonyl (C=O) groups excluding carboxylic acids is 2. The molecule has 1 saturated carbocycles. The van der Waals surface area contributed by atoms with Crippen molar-refractivity contribution in [2.45, 2.75) is 57.4 Å². The van der Waals surface area contributed by atoms with Crippen molar-refractivity contribution in [2.75, 3.05) is 19.6 Å². The normalized spacial score (nSPS) is 22.1. The van der Waals surface area contributed by atoms with Crippen molar-refractivity contribution in [3.63, 3.8) is 0 Å². The minimum Gasteiger partial charge on any atom is -0.323 e. The Labute approximate surface area is 115 Å². The molecule has 1 aliphatic carbocycles. The molecule has 2 fully saturated rings. The van der Waals surface area contributed by atoms with Gasteiger partial charge in [0.2, 0.25) is 0 Å². The molecule has 1 heterocycles. The lowest BCUT2D eigenvalue weighted by molar-refractivity contribution is -0.132. The molecule has 5 heteroatoms. The van der Waals surface area contributed by atoms with Crippen molar-refractivity contribution in [3.8, 4) is 0 Å². The fourth-order valence-electron chi connectivity index (χ4n) is 3.04. The van der Waals surface area contributed by atoms with E-state index in [4.69, 9.17) is 0 Å². The van der Waals surface area contributed by atoms with E-state index >= 15 is 0 Å². The van der Waals surface area contributed by atoms with Crippen LogP contribution in [0.5, 0.6) is 0 Å². The summed E-state index contributed by atoms with van der Waals surface area (Å²) in [4.78, 5) is 25.8. The summed E-state index contributed by atoms with van der Waals surface area (Å²) in [7, 11) is 0. The van der Waals surface area contributed by atoms with Gasteiger partial charge in [0, 0.05) is 6.54 Å². The number of nitrogens with one attached hydrogen (secondary N) is 2. The summed E-state index contributed by atoms with van der Waals surface area (Å²) < 4.78 is 0. The summed E-state index contributed by atoms with van der Waals surface area (Å²) in [6.07, 6.45) is 6.80. The molecule has 1 saturated heterocycles. The maximum absolute atomic E-state index is 12.4. The number of carbonyl (C=O) groups is 2. The van der Waals surface area contributed by atoms with Crippen LogP contribution in [0.15, 0.2) is 0 Å². The zero-order chi connectivity index (χ0) is 13.7. The van der Waals surface area contributed by atoms with Crippen molar-refractivity contribution >= 4 is 11.9 Å². The number of urea groups is 1. The number of hydrogen-bond acceptors (Lipinski definition) is 3. The Kier molecular flexibility index (Phi) is 4.80. The van der Waals surface area contributed by atoms with Crippen LogP contribution in [0.2, 0.25) is 0 Å². The van der Waals surface area contributed by atoms with Crippen LogP contribution in [0.1, 0.15) is 51.9 Å². The topological polar surface area (TPSA) is 61.4 Å². The molecule has 0 atom stereocenters. The maximum atomic E-state index is 12.4. The van der Waals surface area contributed by atoms with Crippen molar-refractivity contribution in [1.29, 1.82) is 0 Å². The van der Waals surface area contributed by atoms with Gasteiger partial charge in [-0.15, -0.1) is 0 Å². The van der Waals surface area contributed by atoms with Gasteiger partial charge < -0.3 is 10.6 Å². The Morgan fingerprint density at radius 3 is 2.63 bits per heavy atom. The average molecular weight is 267 g/mol. The van der Waals surface area contributed by atoms with Gasteiger partial charge in [0.15, 0.2) is 0 Å². The highest BCUT2D eigenvalue weighted by Crippen LogP contribution is 2.33. The van der Waals surface area contributed by atoms with Crippen LogP contribution in [0, 0.1) is 0 Å². The van der Waals surface area contributed by atoms with Crippen LogP contribution < -0.4 is 10.6 Å². The van der Waals surface area contributed by atoms with E-state index in [2.05, 4.69) is 17.6 Å². The van der Waals surface area contributed by atoms with Gasteiger partial charge in [-0.1, -0.05) is 26.2 Å². The third-order valence-electron chi connectivity index (χ3n) is 4.12. The quantitative estimate of drug-likeness (QED) is 0.568. The van der Waals surface area contributed by atoms with Crippen molar-refractivity contribution in [1.82, 2.24) is 15.5 Å². The lowest BCUT2D eigenvalue weighted by atomic mass is 9.82. The molecular weight excluding hydrogens is 242 g/mol.